The normalized spacial score (nSPS) is 13.7. The number of rotatable bonds is 7. The van der Waals surface area contributed by atoms with Crippen LogP contribution in [-0.2, 0) is 9.59 Å². The zero-order valence-corrected chi connectivity index (χ0v) is 8.87. The number of hydrogen-bond donors (Lipinski definition) is 4. The molecule has 8 heteroatoms. The summed E-state index contributed by atoms with van der Waals surface area (Å²) in [5, 5.41) is 16.8. The van der Waals surface area contributed by atoms with Crippen LogP contribution in [0.3, 0.4) is 0 Å². The van der Waals surface area contributed by atoms with Crippen LogP contribution in [0.4, 0.5) is 0 Å². The van der Waals surface area contributed by atoms with Crippen molar-refractivity contribution in [3.63, 3.8) is 0 Å². The molecule has 0 aromatic rings. The summed E-state index contributed by atoms with van der Waals surface area (Å²) in [4.78, 5) is 20.6. The average Bonchev–Trinajstić information content (AvgIpc) is 2.11. The molecule has 0 aromatic heterocycles. The Labute approximate surface area is 91.1 Å². The van der Waals surface area contributed by atoms with E-state index in [2.05, 4.69) is 0 Å². The van der Waals surface area contributed by atoms with Crippen LogP contribution in [0.25, 0.3) is 0 Å². The van der Waals surface area contributed by atoms with Gasteiger partial charge in [0.25, 0.3) is 0 Å². The molecule has 0 aliphatic carbocycles. The maximum Gasteiger partial charge on any atom is 0.321 e. The number of carboxylic acids is 2. The lowest BCUT2D eigenvalue weighted by atomic mass is 10.2. The lowest BCUT2D eigenvalue weighted by Gasteiger charge is -2.07. The molecule has 0 aromatic carbocycles. The lowest BCUT2D eigenvalue weighted by molar-refractivity contribution is -0.139. The summed E-state index contributed by atoms with van der Waals surface area (Å²) in [6, 6.07) is -1.79. The van der Waals surface area contributed by atoms with Gasteiger partial charge in [-0.2, -0.15) is 11.8 Å². The van der Waals surface area contributed by atoms with Gasteiger partial charge in [0.15, 0.2) is 0 Å². The Kier molecular flexibility index (Phi) is 9.38. The van der Waals surface area contributed by atoms with Gasteiger partial charge in [0.05, 0.1) is 0 Å². The number of carboxylic acid groups (broad SMARTS) is 2. The molecule has 0 rings (SSSR count). The molecular formula is C7H16N2O5S. The van der Waals surface area contributed by atoms with Crippen LogP contribution in [0.1, 0.15) is 6.42 Å². The van der Waals surface area contributed by atoms with Gasteiger partial charge in [0, 0.05) is 5.75 Å². The molecule has 15 heavy (non-hydrogen) atoms. The second-order valence-corrected chi connectivity index (χ2v) is 3.90. The molecule has 0 aliphatic rings. The molecule has 0 saturated heterocycles. The molecule has 0 aliphatic heterocycles. The zero-order chi connectivity index (χ0) is 11.1. The van der Waals surface area contributed by atoms with Crippen LogP contribution in [0.5, 0.6) is 0 Å². The maximum absolute atomic E-state index is 10.3. The SMILES string of the molecule is N[C@@H](CCSC[C@H](N)C(=O)O)C(=O)O.O. The zero-order valence-electron chi connectivity index (χ0n) is 8.05. The largest absolute Gasteiger partial charge is 0.480 e. The molecule has 90 valence electrons. The van der Waals surface area contributed by atoms with Crippen LogP contribution < -0.4 is 11.5 Å². The van der Waals surface area contributed by atoms with Gasteiger partial charge >= 0.3 is 11.9 Å². The standard InChI is InChI=1S/C7H14N2O4S.H2O/c8-4(6(10)11)1-2-14-3-5(9)7(12)13;/h4-5H,1-3,8-9H2,(H,10,11)(H,12,13);1H2/t4-,5-;/m0./s1. The Morgan fingerprint density at radius 1 is 1.13 bits per heavy atom. The third kappa shape index (κ3) is 8.18. The van der Waals surface area contributed by atoms with E-state index in [1.54, 1.807) is 0 Å². The molecule has 0 radical (unpaired) electrons. The van der Waals surface area contributed by atoms with Crippen molar-refractivity contribution in [2.24, 2.45) is 11.5 Å². The van der Waals surface area contributed by atoms with Crippen molar-refractivity contribution >= 4 is 23.7 Å². The second kappa shape index (κ2) is 8.48. The minimum atomic E-state index is -1.06. The van der Waals surface area contributed by atoms with Gasteiger partial charge in [-0.05, 0) is 12.2 Å². The molecule has 0 unspecified atom stereocenters. The first-order valence-corrected chi connectivity index (χ1v) is 5.15. The van der Waals surface area contributed by atoms with E-state index < -0.39 is 24.0 Å². The second-order valence-electron chi connectivity index (χ2n) is 2.75. The highest BCUT2D eigenvalue weighted by molar-refractivity contribution is 7.99. The molecule has 0 saturated carbocycles. The fraction of sp³-hybridized carbons (Fsp3) is 0.714. The third-order valence-electron chi connectivity index (χ3n) is 1.50. The van der Waals surface area contributed by atoms with E-state index in [9.17, 15) is 9.59 Å². The van der Waals surface area contributed by atoms with E-state index in [4.69, 9.17) is 21.7 Å². The quantitative estimate of drug-likeness (QED) is 0.378. The van der Waals surface area contributed by atoms with Crippen LogP contribution in [0, 0.1) is 0 Å². The molecule has 0 spiro atoms. The summed E-state index contributed by atoms with van der Waals surface area (Å²) in [5.41, 5.74) is 10.5. The highest BCUT2D eigenvalue weighted by atomic mass is 32.2. The van der Waals surface area contributed by atoms with Crippen LogP contribution in [-0.4, -0.2) is 51.2 Å². The molecule has 0 bridgehead atoms. The first kappa shape index (κ1) is 16.6. The van der Waals surface area contributed by atoms with E-state index in [-0.39, 0.29) is 11.2 Å². The monoisotopic (exact) mass is 240 g/mol. The summed E-state index contributed by atoms with van der Waals surface area (Å²) >= 11 is 1.29. The van der Waals surface area contributed by atoms with Crippen molar-refractivity contribution in [1.82, 2.24) is 0 Å². The molecular weight excluding hydrogens is 224 g/mol. The average molecular weight is 240 g/mol. The summed E-state index contributed by atoms with van der Waals surface area (Å²) in [6.45, 7) is 0. The van der Waals surface area contributed by atoms with Gasteiger partial charge in [0.2, 0.25) is 0 Å². The predicted octanol–water partition coefficient (Wildman–Crippen LogP) is -1.89. The predicted molar refractivity (Wildman–Crippen MR) is 56.8 cm³/mol. The van der Waals surface area contributed by atoms with E-state index in [0.29, 0.717) is 12.2 Å². The van der Waals surface area contributed by atoms with Crippen molar-refractivity contribution in [3.8, 4) is 0 Å². The van der Waals surface area contributed by atoms with Crippen molar-refractivity contribution in [1.29, 1.82) is 0 Å². The summed E-state index contributed by atoms with van der Waals surface area (Å²) < 4.78 is 0. The number of aliphatic carboxylic acids is 2. The first-order chi connectivity index (χ1) is 6.45. The minimum absolute atomic E-state index is 0. The third-order valence-corrected chi connectivity index (χ3v) is 2.62. The molecule has 7 nitrogen and oxygen atoms in total. The molecule has 8 N–H and O–H groups in total. The maximum atomic E-state index is 10.3. The summed E-state index contributed by atoms with van der Waals surface area (Å²) in [5.74, 6) is -1.34. The first-order valence-electron chi connectivity index (χ1n) is 3.99. The van der Waals surface area contributed by atoms with Crippen molar-refractivity contribution in [3.05, 3.63) is 0 Å². The molecule has 0 fully saturated rings. The minimum Gasteiger partial charge on any atom is -0.480 e. The highest BCUT2D eigenvalue weighted by Gasteiger charge is 2.13. The van der Waals surface area contributed by atoms with Crippen molar-refractivity contribution in [2.45, 2.75) is 18.5 Å². The Balaban J connectivity index is 0. The number of hydrogen-bond acceptors (Lipinski definition) is 5. The van der Waals surface area contributed by atoms with E-state index in [1.807, 2.05) is 0 Å². The lowest BCUT2D eigenvalue weighted by Crippen LogP contribution is -2.33. The number of carbonyl (C=O) groups is 2. The molecule has 0 amide bonds. The Bertz CT molecular complexity index is 192. The Hall–Kier alpha value is -0.830. The number of thioether (sulfide) groups is 1. The van der Waals surface area contributed by atoms with Crippen molar-refractivity contribution in [2.75, 3.05) is 11.5 Å². The van der Waals surface area contributed by atoms with E-state index in [1.165, 1.54) is 11.8 Å². The molecule has 2 atom stereocenters. The Morgan fingerprint density at radius 2 is 1.60 bits per heavy atom. The van der Waals surface area contributed by atoms with Gasteiger partial charge in [-0.1, -0.05) is 0 Å². The van der Waals surface area contributed by atoms with Gasteiger partial charge in [-0.15, -0.1) is 0 Å². The van der Waals surface area contributed by atoms with Gasteiger partial charge in [-0.3, -0.25) is 9.59 Å². The van der Waals surface area contributed by atoms with Gasteiger partial charge in [-0.25, -0.2) is 0 Å². The highest BCUT2D eigenvalue weighted by Crippen LogP contribution is 2.05. The fourth-order valence-electron chi connectivity index (χ4n) is 0.615. The van der Waals surface area contributed by atoms with Crippen LogP contribution in [0.15, 0.2) is 0 Å². The van der Waals surface area contributed by atoms with Crippen molar-refractivity contribution < 1.29 is 25.3 Å². The topological polar surface area (TPSA) is 158 Å². The number of nitrogens with two attached hydrogens (primary N) is 2. The van der Waals surface area contributed by atoms with Gasteiger partial charge in [0.1, 0.15) is 12.1 Å². The van der Waals surface area contributed by atoms with Gasteiger partial charge < -0.3 is 27.2 Å². The molecule has 0 heterocycles. The summed E-state index contributed by atoms with van der Waals surface area (Å²) in [6.07, 6.45) is 0.312. The summed E-state index contributed by atoms with van der Waals surface area (Å²) in [7, 11) is 0. The Morgan fingerprint density at radius 3 is 2.00 bits per heavy atom. The van der Waals surface area contributed by atoms with E-state index >= 15 is 0 Å². The van der Waals surface area contributed by atoms with Crippen LogP contribution in [0.2, 0.25) is 0 Å². The van der Waals surface area contributed by atoms with E-state index in [0.717, 1.165) is 0 Å². The smallest absolute Gasteiger partial charge is 0.321 e. The fourth-order valence-corrected chi connectivity index (χ4v) is 1.60. The van der Waals surface area contributed by atoms with Crippen LogP contribution >= 0.6 is 11.8 Å².